The second-order valence-electron chi connectivity index (χ2n) is 3.72. The molecule has 0 bridgehead atoms. The molecule has 1 heterocycles. The first-order valence-electron chi connectivity index (χ1n) is 5.46. The molecule has 0 radical (unpaired) electrons. The zero-order valence-corrected chi connectivity index (χ0v) is 9.48. The van der Waals surface area contributed by atoms with E-state index in [9.17, 15) is 0 Å². The van der Waals surface area contributed by atoms with E-state index in [2.05, 4.69) is 6.58 Å². The molecule has 1 fully saturated rings. The second kappa shape index (κ2) is 5.10. The van der Waals surface area contributed by atoms with Crippen molar-refractivity contribution in [1.82, 2.24) is 0 Å². The molecule has 0 aromatic heterocycles. The van der Waals surface area contributed by atoms with E-state index in [0.29, 0.717) is 13.2 Å². The van der Waals surface area contributed by atoms with Crippen LogP contribution in [0.25, 0.3) is 5.57 Å². The third-order valence-electron chi connectivity index (χ3n) is 2.54. The highest BCUT2D eigenvalue weighted by molar-refractivity contribution is 5.71. The topological polar surface area (TPSA) is 18.5 Å². The molecule has 0 aliphatic carbocycles. The molecular formula is C14H16O2. The lowest BCUT2D eigenvalue weighted by Gasteiger charge is -2.09. The van der Waals surface area contributed by atoms with Crippen LogP contribution in [0.2, 0.25) is 0 Å². The molecular weight excluding hydrogens is 200 g/mol. The number of benzene rings is 1. The van der Waals surface area contributed by atoms with Crippen molar-refractivity contribution in [2.45, 2.75) is 13.2 Å². The molecule has 1 aromatic rings. The van der Waals surface area contributed by atoms with Gasteiger partial charge in [-0.15, -0.1) is 0 Å². The first-order chi connectivity index (χ1) is 7.81. The van der Waals surface area contributed by atoms with Gasteiger partial charge in [0.2, 0.25) is 0 Å². The van der Waals surface area contributed by atoms with Crippen molar-refractivity contribution in [1.29, 1.82) is 0 Å². The number of ether oxygens (including phenoxy) is 2. The van der Waals surface area contributed by atoms with Gasteiger partial charge in [-0.05, 0) is 18.1 Å². The van der Waals surface area contributed by atoms with Gasteiger partial charge in [0.25, 0.3) is 0 Å². The molecule has 0 atom stereocenters. The van der Waals surface area contributed by atoms with E-state index in [1.165, 1.54) is 0 Å². The molecule has 0 spiro atoms. The molecule has 1 saturated heterocycles. The van der Waals surface area contributed by atoms with Gasteiger partial charge in [0.15, 0.2) is 6.29 Å². The summed E-state index contributed by atoms with van der Waals surface area (Å²) in [6, 6.07) is 8.14. The van der Waals surface area contributed by atoms with Gasteiger partial charge in [-0.3, -0.25) is 0 Å². The maximum absolute atomic E-state index is 5.43. The van der Waals surface area contributed by atoms with Crippen molar-refractivity contribution in [2.24, 2.45) is 0 Å². The largest absolute Gasteiger partial charge is 0.346 e. The highest BCUT2D eigenvalue weighted by Gasteiger charge is 2.17. The van der Waals surface area contributed by atoms with Crippen molar-refractivity contribution in [3.63, 3.8) is 0 Å². The average molecular weight is 216 g/mol. The van der Waals surface area contributed by atoms with Gasteiger partial charge < -0.3 is 9.47 Å². The van der Waals surface area contributed by atoms with Crippen LogP contribution in [0.3, 0.4) is 0 Å². The third-order valence-corrected chi connectivity index (χ3v) is 2.54. The van der Waals surface area contributed by atoms with E-state index >= 15 is 0 Å². The van der Waals surface area contributed by atoms with Gasteiger partial charge in [0, 0.05) is 5.56 Å². The van der Waals surface area contributed by atoms with Crippen molar-refractivity contribution >= 4 is 5.57 Å². The Morgan fingerprint density at radius 2 is 1.88 bits per heavy atom. The predicted octanol–water partition coefficient (Wildman–Crippen LogP) is 3.32. The molecule has 2 nitrogen and oxygen atoms in total. The van der Waals surface area contributed by atoms with Gasteiger partial charge in [0.05, 0.1) is 13.2 Å². The SMILES string of the molecule is C=C(/C=C/C)c1ccc(C2OCCO2)cc1. The smallest absolute Gasteiger partial charge is 0.184 e. The van der Waals surface area contributed by atoms with Crippen LogP contribution in [0, 0.1) is 0 Å². The predicted molar refractivity (Wildman–Crippen MR) is 64.9 cm³/mol. The molecule has 2 heteroatoms. The lowest BCUT2D eigenvalue weighted by atomic mass is 10.0. The quantitative estimate of drug-likeness (QED) is 0.721. The van der Waals surface area contributed by atoms with Crippen molar-refractivity contribution in [3.05, 3.63) is 54.1 Å². The Bertz CT molecular complexity index is 384. The highest BCUT2D eigenvalue weighted by Crippen LogP contribution is 2.24. The average Bonchev–Trinajstić information content (AvgIpc) is 2.83. The van der Waals surface area contributed by atoms with Gasteiger partial charge in [-0.1, -0.05) is 43.0 Å². The monoisotopic (exact) mass is 216 g/mol. The van der Waals surface area contributed by atoms with Crippen LogP contribution in [0.5, 0.6) is 0 Å². The van der Waals surface area contributed by atoms with E-state index in [1.54, 1.807) is 0 Å². The minimum atomic E-state index is -0.191. The normalized spacial score (nSPS) is 17.1. The lowest BCUT2D eigenvalue weighted by Crippen LogP contribution is -1.97. The van der Waals surface area contributed by atoms with E-state index in [0.717, 1.165) is 16.7 Å². The summed E-state index contributed by atoms with van der Waals surface area (Å²) < 4.78 is 10.9. The molecule has 84 valence electrons. The van der Waals surface area contributed by atoms with Crippen molar-refractivity contribution in [3.8, 4) is 0 Å². The third kappa shape index (κ3) is 2.40. The summed E-state index contributed by atoms with van der Waals surface area (Å²) in [6.45, 7) is 7.33. The Balaban J connectivity index is 2.12. The van der Waals surface area contributed by atoms with E-state index < -0.39 is 0 Å². The summed E-state index contributed by atoms with van der Waals surface area (Å²) in [4.78, 5) is 0. The molecule has 2 rings (SSSR count). The molecule has 0 saturated carbocycles. The Labute approximate surface area is 96.2 Å². The molecule has 0 N–H and O–H groups in total. The number of hydrogen-bond acceptors (Lipinski definition) is 2. The van der Waals surface area contributed by atoms with Crippen LogP contribution in [-0.2, 0) is 9.47 Å². The molecule has 1 aromatic carbocycles. The highest BCUT2D eigenvalue weighted by atomic mass is 16.7. The lowest BCUT2D eigenvalue weighted by molar-refractivity contribution is -0.0441. The summed E-state index contributed by atoms with van der Waals surface area (Å²) >= 11 is 0. The van der Waals surface area contributed by atoms with E-state index in [-0.39, 0.29) is 6.29 Å². The summed E-state index contributed by atoms with van der Waals surface area (Å²) in [7, 11) is 0. The summed E-state index contributed by atoms with van der Waals surface area (Å²) in [5.74, 6) is 0. The molecule has 1 aliphatic heterocycles. The minimum absolute atomic E-state index is 0.191. The zero-order valence-electron chi connectivity index (χ0n) is 9.48. The van der Waals surface area contributed by atoms with E-state index in [4.69, 9.17) is 9.47 Å². The zero-order chi connectivity index (χ0) is 11.4. The Hall–Kier alpha value is -1.38. The van der Waals surface area contributed by atoms with Crippen LogP contribution < -0.4 is 0 Å². The summed E-state index contributed by atoms with van der Waals surface area (Å²) in [6.07, 6.45) is 3.79. The maximum Gasteiger partial charge on any atom is 0.184 e. The molecule has 16 heavy (non-hydrogen) atoms. The maximum atomic E-state index is 5.43. The Morgan fingerprint density at radius 1 is 1.25 bits per heavy atom. The number of allylic oxidation sites excluding steroid dienone is 3. The van der Waals surface area contributed by atoms with Crippen LogP contribution in [0.15, 0.2) is 43.0 Å². The van der Waals surface area contributed by atoms with Gasteiger partial charge in [0.1, 0.15) is 0 Å². The van der Waals surface area contributed by atoms with Crippen LogP contribution in [0.4, 0.5) is 0 Å². The fourth-order valence-electron chi connectivity index (χ4n) is 1.70. The standard InChI is InChI=1S/C14H16O2/c1-3-4-11(2)12-5-7-13(8-6-12)14-15-9-10-16-14/h3-8,14H,2,9-10H2,1H3/b4-3+. The minimum Gasteiger partial charge on any atom is -0.346 e. The number of hydrogen-bond donors (Lipinski definition) is 0. The summed E-state index contributed by atoms with van der Waals surface area (Å²) in [5, 5.41) is 0. The first kappa shape index (κ1) is 11.1. The van der Waals surface area contributed by atoms with Crippen LogP contribution >= 0.6 is 0 Å². The Kier molecular flexibility index (Phi) is 3.54. The molecule has 0 unspecified atom stereocenters. The van der Waals surface area contributed by atoms with Gasteiger partial charge >= 0.3 is 0 Å². The molecule has 0 amide bonds. The van der Waals surface area contributed by atoms with Crippen LogP contribution in [0.1, 0.15) is 24.3 Å². The van der Waals surface area contributed by atoms with E-state index in [1.807, 2.05) is 43.3 Å². The van der Waals surface area contributed by atoms with Gasteiger partial charge in [-0.25, -0.2) is 0 Å². The van der Waals surface area contributed by atoms with Gasteiger partial charge in [-0.2, -0.15) is 0 Å². The van der Waals surface area contributed by atoms with Crippen molar-refractivity contribution in [2.75, 3.05) is 13.2 Å². The Morgan fingerprint density at radius 3 is 2.44 bits per heavy atom. The fourth-order valence-corrected chi connectivity index (χ4v) is 1.70. The first-order valence-corrected chi connectivity index (χ1v) is 5.46. The molecule has 1 aliphatic rings. The summed E-state index contributed by atoms with van der Waals surface area (Å²) in [5.41, 5.74) is 3.21. The van der Waals surface area contributed by atoms with Crippen LogP contribution in [-0.4, -0.2) is 13.2 Å². The van der Waals surface area contributed by atoms with Crippen molar-refractivity contribution < 1.29 is 9.47 Å². The second-order valence-corrected chi connectivity index (χ2v) is 3.72. The number of rotatable bonds is 3. The fraction of sp³-hybridized carbons (Fsp3) is 0.286.